The molecule has 0 aromatic carbocycles. The van der Waals surface area contributed by atoms with Crippen LogP contribution in [0.4, 0.5) is 0 Å². The highest BCUT2D eigenvalue weighted by Gasteiger charge is 1.96. The van der Waals surface area contributed by atoms with Crippen LogP contribution in [0.5, 0.6) is 0 Å². The van der Waals surface area contributed by atoms with Crippen molar-refractivity contribution in [2.24, 2.45) is 5.73 Å². The minimum absolute atomic E-state index is 0.336. The fourth-order valence-corrected chi connectivity index (χ4v) is 4.19. The van der Waals surface area contributed by atoms with Crippen LogP contribution in [-0.2, 0) is 18.9 Å². The molecule has 0 bridgehead atoms. The van der Waals surface area contributed by atoms with Crippen molar-refractivity contribution in [3.8, 4) is 0 Å². The normalized spacial score (nSPS) is 11.4. The topological polar surface area (TPSA) is 123 Å². The summed E-state index contributed by atoms with van der Waals surface area (Å²) in [5, 5.41) is 17.4. The predicted molar refractivity (Wildman–Crippen MR) is 164 cm³/mol. The fourth-order valence-electron chi connectivity index (χ4n) is 4.19. The summed E-state index contributed by atoms with van der Waals surface area (Å²) in [7, 11) is 0. The number of unbranched alkanes of at least 4 members (excludes halogenated alkanes) is 12. The van der Waals surface area contributed by atoms with Crippen molar-refractivity contribution < 1.29 is 18.9 Å². The van der Waals surface area contributed by atoms with Gasteiger partial charge < -0.3 is 35.3 Å². The predicted octanol–water partition coefficient (Wildman–Crippen LogP) is 4.59. The molecule has 0 atom stereocenters. The van der Waals surface area contributed by atoms with E-state index in [1.54, 1.807) is 0 Å². The largest absolute Gasteiger partial charge is 0.388 e. The lowest BCUT2D eigenvalue weighted by molar-refractivity contribution is 0.0323. The second-order valence-corrected chi connectivity index (χ2v) is 10.2. The average Bonchev–Trinajstić information content (AvgIpc) is 2.93. The first kappa shape index (κ1) is 38.2. The molecule has 0 unspecified atom stereocenters. The molecule has 0 aromatic rings. The number of amidine groups is 1. The summed E-state index contributed by atoms with van der Waals surface area (Å²) in [6.07, 6.45) is 19.3. The van der Waals surface area contributed by atoms with Crippen LogP contribution in [0.3, 0.4) is 0 Å². The van der Waals surface area contributed by atoms with Gasteiger partial charge in [-0.15, -0.1) is 0 Å². The van der Waals surface area contributed by atoms with Crippen LogP contribution in [0.15, 0.2) is 0 Å². The van der Waals surface area contributed by atoms with Gasteiger partial charge in [-0.3, -0.25) is 10.7 Å². The zero-order valence-electron chi connectivity index (χ0n) is 25.5. The maximum atomic E-state index is 7.22. The lowest BCUT2D eigenvalue weighted by Gasteiger charge is -2.09. The molecule has 0 heterocycles. The van der Waals surface area contributed by atoms with Crippen LogP contribution in [0.2, 0.25) is 0 Å². The van der Waals surface area contributed by atoms with Crippen molar-refractivity contribution in [3.05, 3.63) is 0 Å². The van der Waals surface area contributed by atoms with Crippen molar-refractivity contribution in [3.63, 3.8) is 0 Å². The molecule has 6 N–H and O–H groups in total. The third-order valence-electron chi connectivity index (χ3n) is 6.51. The minimum atomic E-state index is 0.336. The van der Waals surface area contributed by atoms with E-state index < -0.39 is 0 Å². The maximum Gasteiger partial charge on any atom is 0.0967 e. The summed E-state index contributed by atoms with van der Waals surface area (Å²) in [5.41, 5.74) is 5.38. The van der Waals surface area contributed by atoms with Gasteiger partial charge in [0.1, 0.15) is 0 Å². The first-order chi connectivity index (χ1) is 19.3. The van der Waals surface area contributed by atoms with Gasteiger partial charge in [-0.25, -0.2) is 0 Å². The van der Waals surface area contributed by atoms with Crippen molar-refractivity contribution in [2.45, 2.75) is 103 Å². The Hall–Kier alpha value is -0.810. The van der Waals surface area contributed by atoms with Gasteiger partial charge in [0.25, 0.3) is 0 Å². The Balaban J connectivity index is 3.02. The molecule has 0 aliphatic heterocycles. The molecule has 0 spiro atoms. The Morgan fingerprint density at radius 3 is 1.49 bits per heavy atom. The molecule has 0 saturated carbocycles. The molecule has 0 amide bonds. The van der Waals surface area contributed by atoms with Gasteiger partial charge in [0, 0.05) is 26.1 Å². The zero-order valence-corrected chi connectivity index (χ0v) is 25.5. The molecule has 0 fully saturated rings. The number of ether oxygens (including phenoxy) is 4. The highest BCUT2D eigenvalue weighted by atomic mass is 16.5. The van der Waals surface area contributed by atoms with Gasteiger partial charge in [0.15, 0.2) is 0 Å². The molecule has 39 heavy (non-hydrogen) atoms. The van der Waals surface area contributed by atoms with E-state index in [2.05, 4.69) is 16.0 Å². The third kappa shape index (κ3) is 37.2. The molecule has 0 aliphatic rings. The van der Waals surface area contributed by atoms with E-state index in [4.69, 9.17) is 30.1 Å². The summed E-state index contributed by atoms with van der Waals surface area (Å²) in [6.45, 7) is 12.1. The van der Waals surface area contributed by atoms with E-state index >= 15 is 0 Å². The SMILES string of the molecule is CCOCCOCCNCOCCOCCNCCCNCCCCCCCCCCCCCCCC(=N)N. The van der Waals surface area contributed by atoms with Gasteiger partial charge in [-0.1, -0.05) is 70.6 Å². The van der Waals surface area contributed by atoms with E-state index in [1.165, 1.54) is 77.0 Å². The minimum Gasteiger partial charge on any atom is -0.388 e. The van der Waals surface area contributed by atoms with Crippen molar-refractivity contribution in [1.82, 2.24) is 16.0 Å². The maximum absolute atomic E-state index is 7.22. The van der Waals surface area contributed by atoms with E-state index in [0.29, 0.717) is 45.6 Å². The van der Waals surface area contributed by atoms with E-state index in [9.17, 15) is 0 Å². The molecule has 0 radical (unpaired) electrons. The van der Waals surface area contributed by atoms with E-state index in [1.807, 2.05) is 6.92 Å². The van der Waals surface area contributed by atoms with Crippen molar-refractivity contribution >= 4 is 5.84 Å². The second kappa shape index (κ2) is 35.2. The monoisotopic (exact) mass is 560 g/mol. The second-order valence-electron chi connectivity index (χ2n) is 10.2. The average molecular weight is 560 g/mol. The molecule has 0 rings (SSSR count). The highest BCUT2D eigenvalue weighted by molar-refractivity contribution is 5.76. The molecular formula is C30H65N5O4. The molecule has 0 aromatic heterocycles. The van der Waals surface area contributed by atoms with Crippen LogP contribution < -0.4 is 21.7 Å². The van der Waals surface area contributed by atoms with Gasteiger partial charge in [-0.2, -0.15) is 0 Å². The van der Waals surface area contributed by atoms with Crippen molar-refractivity contribution in [2.75, 3.05) is 85.7 Å². The molecule has 0 aliphatic carbocycles. The molecule has 9 heteroatoms. The van der Waals surface area contributed by atoms with Gasteiger partial charge in [0.2, 0.25) is 0 Å². The van der Waals surface area contributed by atoms with Crippen LogP contribution >= 0.6 is 0 Å². The van der Waals surface area contributed by atoms with Gasteiger partial charge in [0.05, 0.1) is 52.2 Å². The van der Waals surface area contributed by atoms with Crippen LogP contribution in [0, 0.1) is 5.41 Å². The summed E-state index contributed by atoms with van der Waals surface area (Å²) in [4.78, 5) is 0. The van der Waals surface area contributed by atoms with E-state index in [0.717, 1.165) is 65.2 Å². The lowest BCUT2D eigenvalue weighted by Crippen LogP contribution is -2.26. The van der Waals surface area contributed by atoms with Gasteiger partial charge in [-0.05, 0) is 45.8 Å². The summed E-state index contributed by atoms with van der Waals surface area (Å²) < 4.78 is 21.7. The standard InChI is InChI=1S/C30H65N5O4/c1-2-36-25-26-38-24-22-35-29-39-28-27-37-23-21-34-20-16-19-33-18-15-13-11-9-7-5-3-4-6-8-10-12-14-17-30(31)32/h33-35H,2-29H2,1H3,(H3,31,32). The van der Waals surface area contributed by atoms with Crippen molar-refractivity contribution in [1.29, 1.82) is 5.41 Å². The number of hydrogen-bond donors (Lipinski definition) is 5. The molecule has 234 valence electrons. The number of rotatable bonds is 35. The fraction of sp³-hybridized carbons (Fsp3) is 0.967. The molecule has 9 nitrogen and oxygen atoms in total. The Morgan fingerprint density at radius 2 is 0.923 bits per heavy atom. The first-order valence-corrected chi connectivity index (χ1v) is 16.0. The Kier molecular flexibility index (Phi) is 34.5. The van der Waals surface area contributed by atoms with Crippen LogP contribution in [0.25, 0.3) is 0 Å². The lowest BCUT2D eigenvalue weighted by atomic mass is 10.0. The molecular weight excluding hydrogens is 494 g/mol. The highest BCUT2D eigenvalue weighted by Crippen LogP contribution is 2.12. The Bertz CT molecular complexity index is 475. The molecule has 0 saturated heterocycles. The van der Waals surface area contributed by atoms with E-state index in [-0.39, 0.29) is 0 Å². The van der Waals surface area contributed by atoms with Crippen LogP contribution in [-0.4, -0.2) is 91.5 Å². The third-order valence-corrected chi connectivity index (χ3v) is 6.51. The quantitative estimate of drug-likeness (QED) is 0.0331. The Labute approximate surface area is 240 Å². The summed E-state index contributed by atoms with van der Waals surface area (Å²) in [5.74, 6) is 0.336. The summed E-state index contributed by atoms with van der Waals surface area (Å²) >= 11 is 0. The Morgan fingerprint density at radius 1 is 0.487 bits per heavy atom. The smallest absolute Gasteiger partial charge is 0.0967 e. The zero-order chi connectivity index (χ0) is 28.3. The number of hydrogen-bond acceptors (Lipinski definition) is 8. The number of nitrogens with one attached hydrogen (secondary N) is 4. The van der Waals surface area contributed by atoms with Crippen LogP contribution in [0.1, 0.15) is 103 Å². The summed E-state index contributed by atoms with van der Waals surface area (Å²) in [6, 6.07) is 0. The number of nitrogens with two attached hydrogens (primary N) is 1. The van der Waals surface area contributed by atoms with Gasteiger partial charge >= 0.3 is 0 Å². The first-order valence-electron chi connectivity index (χ1n) is 16.0.